The number of phenols is 1. The lowest BCUT2D eigenvalue weighted by Crippen LogP contribution is -2.56. The van der Waals surface area contributed by atoms with Gasteiger partial charge in [-0.3, -0.25) is 9.59 Å². The molecule has 0 spiro atoms. The molecule has 1 aromatic rings. The summed E-state index contributed by atoms with van der Waals surface area (Å²) >= 11 is 0. The van der Waals surface area contributed by atoms with E-state index >= 15 is 0 Å². The molecule has 0 saturated carbocycles. The summed E-state index contributed by atoms with van der Waals surface area (Å²) < 4.78 is 5.44. The van der Waals surface area contributed by atoms with Crippen LogP contribution in [0.25, 0.3) is 0 Å². The Balaban J connectivity index is 2.15. The number of aliphatic hydroxyl groups excluding tert-OH is 2. The molecule has 1 aliphatic heterocycles. The SMILES string of the molecule is CC(C)C[C@H](NC(=O)[C@@H](O)[C@@H](O)[C@@H](N)CC(=O)O)[C@@H]1Cc2cccc(O)c2C(=O)O1. The molecule has 1 amide bonds. The minimum Gasteiger partial charge on any atom is -0.507 e. The second-order valence-electron chi connectivity index (χ2n) is 7.90. The first-order valence-electron chi connectivity index (χ1n) is 9.67. The number of amides is 1. The Bertz CT molecular complexity index is 797. The number of nitrogens with one attached hydrogen (secondary N) is 1. The topological polar surface area (TPSA) is 179 Å². The van der Waals surface area contributed by atoms with E-state index in [0.29, 0.717) is 12.0 Å². The smallest absolute Gasteiger partial charge is 0.342 e. The largest absolute Gasteiger partial charge is 0.507 e. The number of aliphatic carboxylic acids is 1. The first kappa shape index (κ1) is 23.6. The van der Waals surface area contributed by atoms with Gasteiger partial charge < -0.3 is 36.2 Å². The highest BCUT2D eigenvalue weighted by atomic mass is 16.5. The minimum atomic E-state index is -1.95. The van der Waals surface area contributed by atoms with E-state index in [4.69, 9.17) is 15.6 Å². The Morgan fingerprint density at radius 3 is 2.57 bits per heavy atom. The fourth-order valence-corrected chi connectivity index (χ4v) is 3.46. The highest BCUT2D eigenvalue weighted by Gasteiger charge is 2.37. The number of carboxylic acids is 1. The number of carbonyl (C=O) groups is 3. The quantitative estimate of drug-likeness (QED) is 0.286. The van der Waals surface area contributed by atoms with Crippen LogP contribution >= 0.6 is 0 Å². The van der Waals surface area contributed by atoms with Crippen LogP contribution in [0.4, 0.5) is 0 Å². The van der Waals surface area contributed by atoms with E-state index in [0.717, 1.165) is 0 Å². The van der Waals surface area contributed by atoms with E-state index < -0.39 is 54.7 Å². The van der Waals surface area contributed by atoms with Crippen molar-refractivity contribution in [2.24, 2.45) is 11.7 Å². The first-order valence-corrected chi connectivity index (χ1v) is 9.67. The number of rotatable bonds is 9. The molecule has 166 valence electrons. The molecule has 0 saturated heterocycles. The van der Waals surface area contributed by atoms with Gasteiger partial charge in [-0.1, -0.05) is 26.0 Å². The number of carboxylic acid groups (broad SMARTS) is 1. The van der Waals surface area contributed by atoms with Gasteiger partial charge in [0.25, 0.3) is 5.91 Å². The highest BCUT2D eigenvalue weighted by molar-refractivity contribution is 5.95. The summed E-state index contributed by atoms with van der Waals surface area (Å²) in [6.07, 6.45) is -4.47. The lowest BCUT2D eigenvalue weighted by atomic mass is 9.90. The Kier molecular flexibility index (Phi) is 7.77. The molecule has 0 bridgehead atoms. The molecule has 0 radical (unpaired) electrons. The van der Waals surface area contributed by atoms with Gasteiger partial charge in [0.05, 0.1) is 12.5 Å². The van der Waals surface area contributed by atoms with Gasteiger partial charge >= 0.3 is 11.9 Å². The van der Waals surface area contributed by atoms with Crippen LogP contribution in [0.15, 0.2) is 18.2 Å². The van der Waals surface area contributed by atoms with Crippen LogP contribution in [0.3, 0.4) is 0 Å². The molecule has 5 atom stereocenters. The molecule has 0 fully saturated rings. The van der Waals surface area contributed by atoms with Crippen LogP contribution in [0.1, 0.15) is 42.6 Å². The van der Waals surface area contributed by atoms with Crippen molar-refractivity contribution >= 4 is 17.8 Å². The van der Waals surface area contributed by atoms with Crippen molar-refractivity contribution in [1.29, 1.82) is 0 Å². The maximum absolute atomic E-state index is 12.5. The summed E-state index contributed by atoms with van der Waals surface area (Å²) in [5.41, 5.74) is 6.19. The summed E-state index contributed by atoms with van der Waals surface area (Å²) in [5.74, 6) is -3.04. The van der Waals surface area contributed by atoms with Crippen LogP contribution in [0.2, 0.25) is 0 Å². The van der Waals surface area contributed by atoms with Crippen LogP contribution in [-0.4, -0.2) is 68.7 Å². The fourth-order valence-electron chi connectivity index (χ4n) is 3.46. The summed E-state index contributed by atoms with van der Waals surface area (Å²) in [5, 5.41) is 41.4. The van der Waals surface area contributed by atoms with Crippen molar-refractivity contribution in [3.63, 3.8) is 0 Å². The molecule has 1 aliphatic rings. The van der Waals surface area contributed by atoms with Crippen LogP contribution < -0.4 is 11.1 Å². The number of ether oxygens (including phenoxy) is 1. The Morgan fingerprint density at radius 1 is 1.30 bits per heavy atom. The number of esters is 1. The van der Waals surface area contributed by atoms with Crippen molar-refractivity contribution < 1.29 is 39.5 Å². The Morgan fingerprint density at radius 2 is 1.97 bits per heavy atom. The molecule has 0 aromatic heterocycles. The number of cyclic esters (lactones) is 1. The third kappa shape index (κ3) is 5.68. The third-order valence-corrected chi connectivity index (χ3v) is 4.96. The molecule has 0 aliphatic carbocycles. The number of phenolic OH excluding ortho intramolecular Hbond substituents is 1. The van der Waals surface area contributed by atoms with Crippen LogP contribution in [-0.2, 0) is 20.7 Å². The molecule has 7 N–H and O–H groups in total. The number of nitrogens with two attached hydrogens (primary N) is 1. The molecule has 2 rings (SSSR count). The van der Waals surface area contributed by atoms with Crippen molar-refractivity contribution in [3.8, 4) is 5.75 Å². The average molecular weight is 424 g/mol. The lowest BCUT2D eigenvalue weighted by Gasteiger charge is -2.33. The number of fused-ring (bicyclic) bond motifs is 1. The predicted molar refractivity (Wildman–Crippen MR) is 105 cm³/mol. The van der Waals surface area contributed by atoms with E-state index in [1.807, 2.05) is 13.8 Å². The normalized spacial score (nSPS) is 19.9. The van der Waals surface area contributed by atoms with Crippen molar-refractivity contribution in [1.82, 2.24) is 5.32 Å². The Hall–Kier alpha value is -2.69. The minimum absolute atomic E-state index is 0.0819. The van der Waals surface area contributed by atoms with Crippen LogP contribution in [0, 0.1) is 5.92 Å². The molecule has 10 heteroatoms. The maximum Gasteiger partial charge on any atom is 0.342 e. The van der Waals surface area contributed by atoms with Gasteiger partial charge in [0.1, 0.15) is 23.5 Å². The second-order valence-corrected chi connectivity index (χ2v) is 7.90. The predicted octanol–water partition coefficient (Wildman–Crippen LogP) is -0.472. The molecule has 30 heavy (non-hydrogen) atoms. The number of benzene rings is 1. The van der Waals surface area contributed by atoms with E-state index in [1.54, 1.807) is 12.1 Å². The number of hydrogen-bond donors (Lipinski definition) is 6. The highest BCUT2D eigenvalue weighted by Crippen LogP contribution is 2.30. The van der Waals surface area contributed by atoms with E-state index in [2.05, 4.69) is 5.32 Å². The molecular weight excluding hydrogens is 396 g/mol. The fraction of sp³-hybridized carbons (Fsp3) is 0.550. The summed E-state index contributed by atoms with van der Waals surface area (Å²) in [7, 11) is 0. The van der Waals surface area contributed by atoms with Crippen molar-refractivity contribution in [2.75, 3.05) is 0 Å². The monoisotopic (exact) mass is 424 g/mol. The molecule has 0 unspecified atom stereocenters. The van der Waals surface area contributed by atoms with Gasteiger partial charge in [0.15, 0.2) is 6.10 Å². The average Bonchev–Trinajstić information content (AvgIpc) is 2.65. The molecule has 10 nitrogen and oxygen atoms in total. The van der Waals surface area contributed by atoms with E-state index in [-0.39, 0.29) is 23.7 Å². The van der Waals surface area contributed by atoms with E-state index in [9.17, 15) is 29.7 Å². The van der Waals surface area contributed by atoms with Gasteiger partial charge in [-0.25, -0.2) is 4.79 Å². The molecule has 1 heterocycles. The summed E-state index contributed by atoms with van der Waals surface area (Å²) in [6, 6.07) is 2.64. The zero-order chi connectivity index (χ0) is 22.6. The lowest BCUT2D eigenvalue weighted by molar-refractivity contribution is -0.142. The van der Waals surface area contributed by atoms with Crippen molar-refractivity contribution in [3.05, 3.63) is 29.3 Å². The zero-order valence-electron chi connectivity index (χ0n) is 16.8. The number of aliphatic hydroxyl groups is 2. The number of hydrogen-bond acceptors (Lipinski definition) is 8. The van der Waals surface area contributed by atoms with Crippen LogP contribution in [0.5, 0.6) is 5.75 Å². The standard InChI is InChI=1S/C20H28N2O8/c1-9(2)6-12(22-19(28)18(27)17(26)11(21)8-15(24)25)14-7-10-4-3-5-13(23)16(10)20(29)30-14/h3-5,9,11-12,14,17-18,23,26-27H,6-8,21H2,1-2H3,(H,22,28)(H,24,25)/t11-,12-,14-,17-,18-/m0/s1. The van der Waals surface area contributed by atoms with E-state index in [1.165, 1.54) is 6.07 Å². The van der Waals surface area contributed by atoms with Gasteiger partial charge in [0, 0.05) is 12.5 Å². The Labute approximate surface area is 173 Å². The summed E-state index contributed by atoms with van der Waals surface area (Å²) in [6.45, 7) is 3.80. The van der Waals surface area contributed by atoms with Crippen molar-refractivity contribution in [2.45, 2.75) is 63.5 Å². The van der Waals surface area contributed by atoms with Gasteiger partial charge in [0.2, 0.25) is 0 Å². The van der Waals surface area contributed by atoms with Gasteiger partial charge in [-0.2, -0.15) is 0 Å². The maximum atomic E-state index is 12.5. The number of carbonyl (C=O) groups excluding carboxylic acids is 2. The molecule has 1 aromatic carbocycles. The van der Waals surface area contributed by atoms with Gasteiger partial charge in [-0.05, 0) is 24.0 Å². The molecular formula is C20H28N2O8. The number of aromatic hydroxyl groups is 1. The first-order chi connectivity index (χ1) is 14.0. The third-order valence-electron chi connectivity index (χ3n) is 4.96. The summed E-state index contributed by atoms with van der Waals surface area (Å²) in [4.78, 5) is 35.6. The second kappa shape index (κ2) is 9.88. The zero-order valence-corrected chi connectivity index (χ0v) is 16.8. The van der Waals surface area contributed by atoms with Gasteiger partial charge in [-0.15, -0.1) is 0 Å².